The SMILES string of the molecule is C=C1[C@@H](O)[C@]23C[C@@]1(COC)CC[C@H]2[C@]1(C=O)CCC[C@@](C)(C(=O)OC)[C@H]1[C@@H]3C(=O)OC. The second kappa shape index (κ2) is 7.14. The number of aliphatic hydroxyl groups excluding tert-OH is 1. The van der Waals surface area contributed by atoms with Crippen LogP contribution < -0.4 is 0 Å². The number of carbonyl (C=O) groups is 3. The molecule has 1 N–H and O–H groups in total. The van der Waals surface area contributed by atoms with Gasteiger partial charge in [0.05, 0.1) is 38.3 Å². The smallest absolute Gasteiger partial charge is 0.311 e. The predicted octanol–water partition coefficient (Wildman–Crippen LogP) is 2.30. The van der Waals surface area contributed by atoms with Crippen LogP contribution in [0.3, 0.4) is 0 Å². The molecule has 4 fully saturated rings. The maximum Gasteiger partial charge on any atom is 0.311 e. The van der Waals surface area contributed by atoms with Crippen molar-refractivity contribution in [2.24, 2.45) is 39.4 Å². The van der Waals surface area contributed by atoms with Crippen molar-refractivity contribution in [3.05, 3.63) is 12.2 Å². The van der Waals surface area contributed by atoms with Gasteiger partial charge in [0, 0.05) is 29.3 Å². The summed E-state index contributed by atoms with van der Waals surface area (Å²) in [6, 6.07) is 0. The molecule has 7 nitrogen and oxygen atoms in total. The van der Waals surface area contributed by atoms with E-state index >= 15 is 0 Å². The lowest BCUT2D eigenvalue weighted by molar-refractivity contribution is -0.172. The van der Waals surface area contributed by atoms with Crippen molar-refractivity contribution in [2.45, 2.75) is 51.6 Å². The van der Waals surface area contributed by atoms with E-state index in [1.54, 1.807) is 7.11 Å². The van der Waals surface area contributed by atoms with E-state index in [0.29, 0.717) is 44.3 Å². The average Bonchev–Trinajstić information content (AvgIpc) is 3.13. The molecule has 2 bridgehead atoms. The first-order valence-corrected chi connectivity index (χ1v) is 11.1. The summed E-state index contributed by atoms with van der Waals surface area (Å²) in [5, 5.41) is 11.7. The molecule has 7 heteroatoms. The molecule has 4 rings (SSSR count). The van der Waals surface area contributed by atoms with Crippen molar-refractivity contribution < 1.29 is 33.7 Å². The van der Waals surface area contributed by atoms with Gasteiger partial charge in [-0.25, -0.2) is 0 Å². The molecule has 0 aromatic heterocycles. The standard InChI is InChI=1S/C24H34O7/c1-14-18(26)24-11-22(14,13-29-3)10-7-15(24)23(12-25)9-6-8-21(2,20(28)31-5)17(23)16(24)19(27)30-4/h12,15-18,26H,1,6-11,13H2,2-5H3/t15-,16+,17+,18+,21+,22+,23+,24+/m0/s1. The summed E-state index contributed by atoms with van der Waals surface area (Å²) >= 11 is 0. The van der Waals surface area contributed by atoms with Crippen LogP contribution >= 0.6 is 0 Å². The summed E-state index contributed by atoms with van der Waals surface area (Å²) in [4.78, 5) is 39.4. The van der Waals surface area contributed by atoms with Crippen molar-refractivity contribution in [3.8, 4) is 0 Å². The molecule has 4 aliphatic carbocycles. The minimum absolute atomic E-state index is 0.241. The van der Waals surface area contributed by atoms with E-state index in [4.69, 9.17) is 14.2 Å². The van der Waals surface area contributed by atoms with Crippen LogP contribution in [0, 0.1) is 39.4 Å². The molecule has 0 amide bonds. The Morgan fingerprint density at radius 2 is 1.90 bits per heavy atom. The number of ether oxygens (including phenoxy) is 3. The van der Waals surface area contributed by atoms with E-state index in [-0.39, 0.29) is 5.92 Å². The number of hydrogen-bond acceptors (Lipinski definition) is 7. The second-order valence-electron chi connectivity index (χ2n) is 10.5. The van der Waals surface area contributed by atoms with Gasteiger partial charge in [0.15, 0.2) is 0 Å². The number of fused-ring (bicyclic) bond motifs is 3. The molecule has 172 valence electrons. The van der Waals surface area contributed by atoms with Gasteiger partial charge in [-0.05, 0) is 50.5 Å². The lowest BCUT2D eigenvalue weighted by Crippen LogP contribution is -2.53. The highest BCUT2D eigenvalue weighted by Gasteiger charge is 2.81. The number of methoxy groups -OCH3 is 3. The number of aliphatic hydroxyl groups is 1. The minimum Gasteiger partial charge on any atom is -0.469 e. The number of hydrogen-bond donors (Lipinski definition) is 1. The Hall–Kier alpha value is -1.73. The highest BCUT2D eigenvalue weighted by atomic mass is 16.5. The Morgan fingerprint density at radius 3 is 2.48 bits per heavy atom. The number of esters is 2. The molecule has 4 aliphatic rings. The first-order chi connectivity index (χ1) is 14.6. The van der Waals surface area contributed by atoms with E-state index < -0.39 is 51.5 Å². The summed E-state index contributed by atoms with van der Waals surface area (Å²) in [6.07, 6.45) is 3.70. The topological polar surface area (TPSA) is 99.1 Å². The lowest BCUT2D eigenvalue weighted by atomic mass is 9.52. The van der Waals surface area contributed by atoms with Gasteiger partial charge in [-0.1, -0.05) is 13.0 Å². The Kier molecular flexibility index (Phi) is 5.17. The lowest BCUT2D eigenvalue weighted by Gasteiger charge is -2.50. The number of carbonyl (C=O) groups excluding carboxylic acids is 3. The van der Waals surface area contributed by atoms with Crippen LogP contribution in [-0.4, -0.2) is 57.4 Å². The van der Waals surface area contributed by atoms with Gasteiger partial charge < -0.3 is 24.1 Å². The monoisotopic (exact) mass is 434 g/mol. The minimum atomic E-state index is -1.02. The third kappa shape index (κ3) is 2.45. The van der Waals surface area contributed by atoms with Gasteiger partial charge in [0.2, 0.25) is 0 Å². The molecule has 0 aromatic carbocycles. The number of rotatable bonds is 5. The molecule has 0 aromatic rings. The Bertz CT molecular complexity index is 823. The molecule has 8 atom stereocenters. The summed E-state index contributed by atoms with van der Waals surface area (Å²) in [7, 11) is 4.29. The highest BCUT2D eigenvalue weighted by molar-refractivity contribution is 5.84. The fourth-order valence-electron chi connectivity index (χ4n) is 8.63. The van der Waals surface area contributed by atoms with Gasteiger partial charge in [0.25, 0.3) is 0 Å². The van der Waals surface area contributed by atoms with Crippen LogP contribution in [0.25, 0.3) is 0 Å². The molecule has 4 saturated carbocycles. The van der Waals surface area contributed by atoms with E-state index in [1.807, 2.05) is 6.92 Å². The summed E-state index contributed by atoms with van der Waals surface area (Å²) < 4.78 is 16.0. The van der Waals surface area contributed by atoms with Crippen LogP contribution in [0.4, 0.5) is 0 Å². The zero-order valence-electron chi connectivity index (χ0n) is 18.9. The summed E-state index contributed by atoms with van der Waals surface area (Å²) in [5.41, 5.74) is -2.61. The largest absolute Gasteiger partial charge is 0.469 e. The van der Waals surface area contributed by atoms with Gasteiger partial charge in [-0.2, -0.15) is 0 Å². The van der Waals surface area contributed by atoms with Crippen LogP contribution in [-0.2, 0) is 28.6 Å². The Balaban J connectivity index is 1.99. The first kappa shape index (κ1) is 22.5. The van der Waals surface area contributed by atoms with Crippen molar-refractivity contribution in [1.82, 2.24) is 0 Å². The maximum atomic E-state index is 13.4. The van der Waals surface area contributed by atoms with Gasteiger partial charge in [0.1, 0.15) is 6.29 Å². The maximum absolute atomic E-state index is 13.4. The van der Waals surface area contributed by atoms with Gasteiger partial charge >= 0.3 is 11.9 Å². The summed E-state index contributed by atoms with van der Waals surface area (Å²) in [6.45, 7) is 6.44. The average molecular weight is 435 g/mol. The van der Waals surface area contributed by atoms with Crippen LogP contribution in [0.1, 0.15) is 45.4 Å². The molecule has 1 spiro atoms. The van der Waals surface area contributed by atoms with Crippen molar-refractivity contribution >= 4 is 18.2 Å². The quantitative estimate of drug-likeness (QED) is 0.403. The molecular formula is C24H34O7. The molecule has 0 heterocycles. The van der Waals surface area contributed by atoms with Crippen LogP contribution in [0.5, 0.6) is 0 Å². The molecule has 0 unspecified atom stereocenters. The fourth-order valence-corrected chi connectivity index (χ4v) is 8.63. The van der Waals surface area contributed by atoms with Crippen molar-refractivity contribution in [3.63, 3.8) is 0 Å². The molecule has 0 saturated heterocycles. The van der Waals surface area contributed by atoms with Crippen LogP contribution in [0.15, 0.2) is 12.2 Å². The van der Waals surface area contributed by atoms with E-state index in [0.717, 1.165) is 12.7 Å². The normalized spacial score (nSPS) is 48.0. The fraction of sp³-hybridized carbons (Fsp3) is 0.792. The molecule has 31 heavy (non-hydrogen) atoms. The van der Waals surface area contributed by atoms with E-state index in [2.05, 4.69) is 6.58 Å². The molecule has 0 radical (unpaired) electrons. The van der Waals surface area contributed by atoms with Gasteiger partial charge in [-0.3, -0.25) is 9.59 Å². The zero-order chi connectivity index (χ0) is 22.8. The zero-order valence-corrected chi connectivity index (χ0v) is 18.9. The first-order valence-electron chi connectivity index (χ1n) is 11.1. The van der Waals surface area contributed by atoms with E-state index in [9.17, 15) is 19.5 Å². The third-order valence-corrected chi connectivity index (χ3v) is 9.60. The third-order valence-electron chi connectivity index (χ3n) is 9.60. The van der Waals surface area contributed by atoms with Gasteiger partial charge in [-0.15, -0.1) is 0 Å². The molecule has 0 aliphatic heterocycles. The predicted molar refractivity (Wildman–Crippen MR) is 111 cm³/mol. The molecular weight excluding hydrogens is 400 g/mol. The highest BCUT2D eigenvalue weighted by Crippen LogP contribution is 2.79. The summed E-state index contributed by atoms with van der Waals surface area (Å²) in [5.74, 6) is -2.53. The van der Waals surface area contributed by atoms with Crippen molar-refractivity contribution in [1.29, 1.82) is 0 Å². The Labute approximate surface area is 183 Å². The second-order valence-corrected chi connectivity index (χ2v) is 10.5. The number of aldehydes is 1. The van der Waals surface area contributed by atoms with Crippen molar-refractivity contribution in [2.75, 3.05) is 27.9 Å². The Morgan fingerprint density at radius 1 is 1.19 bits per heavy atom. The van der Waals surface area contributed by atoms with Crippen LogP contribution in [0.2, 0.25) is 0 Å². The van der Waals surface area contributed by atoms with E-state index in [1.165, 1.54) is 14.2 Å².